The molecule has 2 heterocycles. The van der Waals surface area contributed by atoms with Gasteiger partial charge in [-0.3, -0.25) is 14.7 Å². The van der Waals surface area contributed by atoms with Crippen molar-refractivity contribution in [3.63, 3.8) is 0 Å². The van der Waals surface area contributed by atoms with E-state index in [1.54, 1.807) is 36.5 Å². The van der Waals surface area contributed by atoms with E-state index in [2.05, 4.69) is 15.2 Å². The Morgan fingerprint density at radius 1 is 1.13 bits per heavy atom. The van der Waals surface area contributed by atoms with E-state index in [1.165, 1.54) is 0 Å². The van der Waals surface area contributed by atoms with E-state index >= 15 is 0 Å². The first-order valence-corrected chi connectivity index (χ1v) is 11.0. The molecule has 1 unspecified atom stereocenters. The number of aliphatic hydroxyl groups is 1. The molecule has 5 nitrogen and oxygen atoms in total. The van der Waals surface area contributed by atoms with Crippen LogP contribution >= 0.6 is 0 Å². The third kappa shape index (κ3) is 4.93. The highest BCUT2D eigenvalue weighted by molar-refractivity contribution is 5.87. The number of nitrogens with zero attached hydrogens (tertiary/aromatic N) is 2. The van der Waals surface area contributed by atoms with Crippen LogP contribution in [0.25, 0.3) is 0 Å². The Labute approximate surface area is 181 Å². The molecule has 0 spiro atoms. The lowest BCUT2D eigenvalue weighted by Gasteiger charge is -2.37. The highest BCUT2D eigenvalue weighted by atomic mass is 19.3. The van der Waals surface area contributed by atoms with Crippen molar-refractivity contribution in [3.8, 4) is 0 Å². The monoisotopic (exact) mass is 429 g/mol. The van der Waals surface area contributed by atoms with Gasteiger partial charge < -0.3 is 10.4 Å². The van der Waals surface area contributed by atoms with Gasteiger partial charge in [-0.1, -0.05) is 36.4 Å². The van der Waals surface area contributed by atoms with Crippen LogP contribution in [0.3, 0.4) is 0 Å². The zero-order valence-electron chi connectivity index (χ0n) is 17.5. The van der Waals surface area contributed by atoms with Gasteiger partial charge in [0.25, 0.3) is 5.91 Å². The lowest BCUT2D eigenvalue weighted by atomic mass is 9.79. The van der Waals surface area contributed by atoms with Gasteiger partial charge in [-0.25, -0.2) is 8.78 Å². The number of likely N-dealkylation sites (tertiary alicyclic amines) is 1. The Bertz CT molecular complexity index is 873. The van der Waals surface area contributed by atoms with Crippen molar-refractivity contribution >= 4 is 5.91 Å². The van der Waals surface area contributed by atoms with Crippen molar-refractivity contribution in [2.45, 2.75) is 56.2 Å². The molecule has 166 valence electrons. The molecule has 31 heavy (non-hydrogen) atoms. The molecular weight excluding hydrogens is 400 g/mol. The number of hydrogen-bond donors (Lipinski definition) is 2. The summed E-state index contributed by atoms with van der Waals surface area (Å²) in [6.07, 6.45) is 2.60. The third-order valence-corrected chi connectivity index (χ3v) is 6.59. The molecule has 1 saturated carbocycles. The molecular formula is C24H29F2N3O2. The smallest absolute Gasteiger partial charge is 0.257 e. The second-order valence-corrected chi connectivity index (χ2v) is 8.77. The first-order valence-electron chi connectivity index (χ1n) is 11.0. The minimum atomic E-state index is -2.84. The van der Waals surface area contributed by atoms with Gasteiger partial charge in [0.15, 0.2) is 5.60 Å². The van der Waals surface area contributed by atoms with Crippen LogP contribution in [0.5, 0.6) is 0 Å². The van der Waals surface area contributed by atoms with E-state index in [0.29, 0.717) is 5.56 Å². The fourth-order valence-corrected chi connectivity index (χ4v) is 4.80. The van der Waals surface area contributed by atoms with Crippen LogP contribution in [-0.4, -0.2) is 46.0 Å². The van der Waals surface area contributed by atoms with E-state index in [1.807, 2.05) is 18.2 Å². The number of hydrogen-bond acceptors (Lipinski definition) is 4. The molecule has 1 aromatic carbocycles. The summed E-state index contributed by atoms with van der Waals surface area (Å²) in [5.41, 5.74) is -0.569. The number of pyridine rings is 1. The van der Waals surface area contributed by atoms with Crippen molar-refractivity contribution < 1.29 is 18.7 Å². The third-order valence-electron chi connectivity index (χ3n) is 6.59. The molecule has 2 aromatic rings. The van der Waals surface area contributed by atoms with Gasteiger partial charge in [-0.2, -0.15) is 0 Å². The molecule has 2 fully saturated rings. The number of carbonyl (C=O) groups is 1. The van der Waals surface area contributed by atoms with Gasteiger partial charge in [-0.15, -0.1) is 0 Å². The summed E-state index contributed by atoms with van der Waals surface area (Å²) < 4.78 is 27.9. The molecule has 2 atom stereocenters. The average molecular weight is 430 g/mol. The van der Waals surface area contributed by atoms with Crippen LogP contribution in [0.2, 0.25) is 0 Å². The van der Waals surface area contributed by atoms with Crippen molar-refractivity contribution in [2.75, 3.05) is 13.1 Å². The maximum atomic E-state index is 13.9. The molecule has 0 bridgehead atoms. The standard InChI is InChI=1S/C24H29F2N3O2/c25-23(26)12-9-19(16-23)24(31,18-6-2-1-3-7-18)22(30)28-20-10-14-29(15-11-20)17-21-8-4-5-13-27-21/h1-8,13,19-20,31H,9-12,14-17H2,(H,28,30)/t19-,24?/m1/s1. The number of halogens is 2. The van der Waals surface area contributed by atoms with Crippen molar-refractivity contribution in [2.24, 2.45) is 5.92 Å². The molecule has 0 radical (unpaired) electrons. The second kappa shape index (κ2) is 9.01. The molecule has 2 aliphatic rings. The molecule has 1 saturated heterocycles. The number of benzene rings is 1. The molecule has 1 aromatic heterocycles. The molecule has 4 rings (SSSR count). The fraction of sp³-hybridized carbons (Fsp3) is 0.500. The van der Waals surface area contributed by atoms with Crippen LogP contribution in [0.4, 0.5) is 8.78 Å². The summed E-state index contributed by atoms with van der Waals surface area (Å²) in [7, 11) is 0. The molecule has 7 heteroatoms. The Balaban J connectivity index is 1.41. The van der Waals surface area contributed by atoms with Crippen LogP contribution in [0.15, 0.2) is 54.7 Å². The number of amides is 1. The summed E-state index contributed by atoms with van der Waals surface area (Å²) in [4.78, 5) is 19.9. The lowest BCUT2D eigenvalue weighted by Crippen LogP contribution is -2.54. The van der Waals surface area contributed by atoms with Gasteiger partial charge in [-0.05, 0) is 37.0 Å². The normalized spacial score (nSPS) is 23.9. The second-order valence-electron chi connectivity index (χ2n) is 8.77. The minimum absolute atomic E-state index is 0.0929. The van der Waals surface area contributed by atoms with E-state index in [0.717, 1.165) is 38.2 Å². The average Bonchev–Trinajstić information content (AvgIpc) is 3.16. The zero-order valence-corrected chi connectivity index (χ0v) is 17.5. The molecule has 1 amide bonds. The molecule has 1 aliphatic heterocycles. The Morgan fingerprint density at radius 2 is 1.84 bits per heavy atom. The zero-order chi connectivity index (χ0) is 21.9. The minimum Gasteiger partial charge on any atom is -0.375 e. The SMILES string of the molecule is O=C(NC1CCN(Cc2ccccn2)CC1)C(O)(c1ccccc1)[C@@H]1CCC(F)(F)C1. The summed E-state index contributed by atoms with van der Waals surface area (Å²) in [6, 6.07) is 14.3. The number of alkyl halides is 2. The van der Waals surface area contributed by atoms with E-state index in [4.69, 9.17) is 0 Å². The first-order chi connectivity index (χ1) is 14.9. The van der Waals surface area contributed by atoms with Crippen LogP contribution < -0.4 is 5.32 Å². The topological polar surface area (TPSA) is 65.5 Å². The lowest BCUT2D eigenvalue weighted by molar-refractivity contribution is -0.149. The maximum Gasteiger partial charge on any atom is 0.257 e. The maximum absolute atomic E-state index is 13.9. The summed E-state index contributed by atoms with van der Waals surface area (Å²) in [5.74, 6) is -4.22. The highest BCUT2D eigenvalue weighted by Gasteiger charge is 2.53. The number of piperidine rings is 1. The number of rotatable bonds is 6. The number of nitrogens with one attached hydrogen (secondary N) is 1. The largest absolute Gasteiger partial charge is 0.375 e. The number of aromatic nitrogens is 1. The van der Waals surface area contributed by atoms with Gasteiger partial charge in [0.1, 0.15) is 0 Å². The van der Waals surface area contributed by atoms with Crippen molar-refractivity contribution in [1.29, 1.82) is 0 Å². The first kappa shape index (κ1) is 21.8. The van der Waals surface area contributed by atoms with E-state index in [9.17, 15) is 18.7 Å². The fourth-order valence-electron chi connectivity index (χ4n) is 4.80. The van der Waals surface area contributed by atoms with Crippen molar-refractivity contribution in [1.82, 2.24) is 15.2 Å². The van der Waals surface area contributed by atoms with Crippen LogP contribution in [-0.2, 0) is 16.9 Å². The highest BCUT2D eigenvalue weighted by Crippen LogP contribution is 2.47. The molecule has 1 aliphatic carbocycles. The summed E-state index contributed by atoms with van der Waals surface area (Å²) in [6.45, 7) is 2.35. The summed E-state index contributed by atoms with van der Waals surface area (Å²) >= 11 is 0. The molecule has 2 N–H and O–H groups in total. The van der Waals surface area contributed by atoms with Gasteiger partial charge >= 0.3 is 0 Å². The van der Waals surface area contributed by atoms with Gasteiger partial charge in [0.2, 0.25) is 5.92 Å². The van der Waals surface area contributed by atoms with Crippen molar-refractivity contribution in [3.05, 3.63) is 66.0 Å². The Hall–Kier alpha value is -2.38. The predicted octanol–water partition coefficient (Wildman–Crippen LogP) is 3.49. The predicted molar refractivity (Wildman–Crippen MR) is 113 cm³/mol. The van der Waals surface area contributed by atoms with E-state index in [-0.39, 0.29) is 18.9 Å². The van der Waals surface area contributed by atoms with Gasteiger partial charge in [0.05, 0.1) is 5.69 Å². The summed E-state index contributed by atoms with van der Waals surface area (Å²) in [5, 5.41) is 14.5. The quantitative estimate of drug-likeness (QED) is 0.738. The Kier molecular flexibility index (Phi) is 6.34. The van der Waals surface area contributed by atoms with Crippen LogP contribution in [0.1, 0.15) is 43.4 Å². The number of carbonyl (C=O) groups excluding carboxylic acids is 1. The van der Waals surface area contributed by atoms with E-state index < -0.39 is 29.8 Å². The van der Waals surface area contributed by atoms with Crippen LogP contribution in [0, 0.1) is 5.92 Å². The van der Waals surface area contributed by atoms with Gasteiger partial charge in [0, 0.05) is 50.6 Å². The Morgan fingerprint density at radius 3 is 2.45 bits per heavy atom.